The smallest absolute Gasteiger partial charge is 0.323 e. The number of carbonyl (C=O) groups excluding carboxylic acids is 1. The van der Waals surface area contributed by atoms with Crippen LogP contribution in [0.1, 0.15) is 0 Å². The monoisotopic (exact) mass is 341 g/mol. The number of aromatic nitrogens is 4. The molecule has 2 aromatic rings. The Labute approximate surface area is 136 Å². The van der Waals surface area contributed by atoms with Crippen LogP contribution in [0, 0.1) is 0 Å². The summed E-state index contributed by atoms with van der Waals surface area (Å²) in [5.74, 6) is 1.08. The van der Waals surface area contributed by atoms with Gasteiger partial charge in [-0.1, -0.05) is 23.2 Å². The Morgan fingerprint density at radius 1 is 1.23 bits per heavy atom. The summed E-state index contributed by atoms with van der Waals surface area (Å²) in [6.45, 7) is 2.40. The van der Waals surface area contributed by atoms with Gasteiger partial charge in [-0.2, -0.15) is 10.3 Å². The molecule has 0 bridgehead atoms. The second-order valence-electron chi connectivity index (χ2n) is 4.72. The number of hydrogen-bond acceptors (Lipinski definition) is 5. The number of rotatable bonds is 2. The van der Waals surface area contributed by atoms with Crippen molar-refractivity contribution in [2.24, 2.45) is 0 Å². The number of amides is 2. The first-order chi connectivity index (χ1) is 10.6. The molecule has 0 radical (unpaired) electrons. The summed E-state index contributed by atoms with van der Waals surface area (Å²) in [6, 6.07) is 1.46. The Morgan fingerprint density at radius 3 is 2.64 bits per heavy atom. The zero-order chi connectivity index (χ0) is 15.5. The molecule has 22 heavy (non-hydrogen) atoms. The van der Waals surface area contributed by atoms with Crippen LogP contribution in [0.15, 0.2) is 18.5 Å². The van der Waals surface area contributed by atoms with Crippen molar-refractivity contribution in [2.75, 3.05) is 36.4 Å². The molecule has 1 aliphatic heterocycles. The summed E-state index contributed by atoms with van der Waals surface area (Å²) in [4.78, 5) is 20.1. The van der Waals surface area contributed by atoms with Crippen molar-refractivity contribution < 1.29 is 4.79 Å². The van der Waals surface area contributed by atoms with Gasteiger partial charge in [0.05, 0.1) is 16.2 Å². The minimum Gasteiger partial charge on any atom is -0.352 e. The molecule has 2 aromatic heterocycles. The van der Waals surface area contributed by atoms with Crippen molar-refractivity contribution in [3.8, 4) is 0 Å². The zero-order valence-corrected chi connectivity index (χ0v) is 13.0. The highest BCUT2D eigenvalue weighted by Crippen LogP contribution is 2.26. The van der Waals surface area contributed by atoms with Crippen LogP contribution in [0.25, 0.3) is 0 Å². The SMILES string of the molecule is O=C(Nc1cn[nH]n1)N1CCN(c2ncc(Cl)cc2Cl)CC1. The third kappa shape index (κ3) is 3.23. The second kappa shape index (κ2) is 6.37. The van der Waals surface area contributed by atoms with E-state index >= 15 is 0 Å². The largest absolute Gasteiger partial charge is 0.352 e. The molecule has 116 valence electrons. The van der Waals surface area contributed by atoms with Crippen LogP contribution < -0.4 is 10.2 Å². The quantitative estimate of drug-likeness (QED) is 0.869. The molecule has 8 nitrogen and oxygen atoms in total. The molecule has 1 aliphatic rings. The lowest BCUT2D eigenvalue weighted by Crippen LogP contribution is -2.50. The molecule has 3 heterocycles. The predicted octanol–water partition coefficient (Wildman–Crippen LogP) is 1.86. The molecule has 2 amide bonds. The first kappa shape index (κ1) is 14.9. The highest BCUT2D eigenvalue weighted by atomic mass is 35.5. The van der Waals surface area contributed by atoms with Gasteiger partial charge in [0.1, 0.15) is 5.82 Å². The van der Waals surface area contributed by atoms with E-state index in [4.69, 9.17) is 23.2 Å². The van der Waals surface area contributed by atoms with Crippen LogP contribution in [-0.4, -0.2) is 57.5 Å². The summed E-state index contributed by atoms with van der Waals surface area (Å²) in [6.07, 6.45) is 3.01. The minimum absolute atomic E-state index is 0.205. The fourth-order valence-corrected chi connectivity index (χ4v) is 2.71. The number of carbonyl (C=O) groups is 1. The molecular formula is C12H13Cl2N7O. The van der Waals surface area contributed by atoms with E-state index in [-0.39, 0.29) is 6.03 Å². The van der Waals surface area contributed by atoms with Crippen LogP contribution in [-0.2, 0) is 0 Å². The zero-order valence-electron chi connectivity index (χ0n) is 11.5. The molecule has 2 N–H and O–H groups in total. The van der Waals surface area contributed by atoms with Gasteiger partial charge in [-0.25, -0.2) is 9.78 Å². The van der Waals surface area contributed by atoms with Crippen molar-refractivity contribution in [1.29, 1.82) is 0 Å². The Balaban J connectivity index is 1.59. The van der Waals surface area contributed by atoms with Crippen LogP contribution in [0.2, 0.25) is 10.0 Å². The molecule has 3 rings (SSSR count). The van der Waals surface area contributed by atoms with E-state index in [9.17, 15) is 4.79 Å². The Bertz CT molecular complexity index is 655. The van der Waals surface area contributed by atoms with Crippen molar-refractivity contribution in [3.63, 3.8) is 0 Å². The predicted molar refractivity (Wildman–Crippen MR) is 83.4 cm³/mol. The highest BCUT2D eigenvalue weighted by molar-refractivity contribution is 6.36. The van der Waals surface area contributed by atoms with Crippen LogP contribution >= 0.6 is 23.2 Å². The molecule has 0 saturated carbocycles. The fourth-order valence-electron chi connectivity index (χ4n) is 2.21. The molecule has 0 aliphatic carbocycles. The van der Waals surface area contributed by atoms with Crippen LogP contribution in [0.5, 0.6) is 0 Å². The van der Waals surface area contributed by atoms with Crippen molar-refractivity contribution in [1.82, 2.24) is 25.3 Å². The van der Waals surface area contributed by atoms with E-state index < -0.39 is 0 Å². The summed E-state index contributed by atoms with van der Waals surface area (Å²) in [5, 5.41) is 13.5. The van der Waals surface area contributed by atoms with E-state index in [0.717, 1.165) is 0 Å². The number of H-pyrrole nitrogens is 1. The summed E-state index contributed by atoms with van der Waals surface area (Å²) < 4.78 is 0. The van der Waals surface area contributed by atoms with Gasteiger partial charge in [-0.15, -0.1) is 5.10 Å². The Hall–Kier alpha value is -2.06. The Morgan fingerprint density at radius 2 is 2.00 bits per heavy atom. The number of anilines is 2. The number of nitrogens with one attached hydrogen (secondary N) is 2. The third-order valence-corrected chi connectivity index (χ3v) is 3.79. The van der Waals surface area contributed by atoms with E-state index in [1.807, 2.05) is 4.90 Å². The maximum Gasteiger partial charge on any atom is 0.323 e. The van der Waals surface area contributed by atoms with Crippen molar-refractivity contribution in [3.05, 3.63) is 28.5 Å². The number of urea groups is 1. The van der Waals surface area contributed by atoms with Gasteiger partial charge in [-0.3, -0.25) is 5.32 Å². The number of aromatic amines is 1. The van der Waals surface area contributed by atoms with Gasteiger partial charge in [0, 0.05) is 32.4 Å². The molecule has 0 aromatic carbocycles. The standard InChI is InChI=1S/C12H13Cl2N7O/c13-8-5-9(14)11(15-6-8)20-1-3-21(4-2-20)12(22)17-10-7-16-19-18-10/h5-7H,1-4H2,(H2,16,17,18,19,22). The first-order valence-corrected chi connectivity index (χ1v) is 7.37. The first-order valence-electron chi connectivity index (χ1n) is 6.61. The van der Waals surface area contributed by atoms with Gasteiger partial charge in [-0.05, 0) is 6.07 Å². The fraction of sp³-hybridized carbons (Fsp3) is 0.333. The molecule has 1 saturated heterocycles. The number of nitrogens with zero attached hydrogens (tertiary/aromatic N) is 5. The number of piperazine rings is 1. The third-order valence-electron chi connectivity index (χ3n) is 3.30. The maximum atomic E-state index is 12.1. The van der Waals surface area contributed by atoms with Crippen molar-refractivity contribution >= 4 is 40.9 Å². The van der Waals surface area contributed by atoms with E-state index in [1.165, 1.54) is 6.20 Å². The second-order valence-corrected chi connectivity index (χ2v) is 5.56. The molecule has 0 spiro atoms. The number of pyridine rings is 1. The van der Waals surface area contributed by atoms with Crippen LogP contribution in [0.4, 0.5) is 16.4 Å². The average molecular weight is 342 g/mol. The summed E-state index contributed by atoms with van der Waals surface area (Å²) in [5.41, 5.74) is 0. The molecule has 0 unspecified atom stereocenters. The van der Waals surface area contributed by atoms with Gasteiger partial charge in [0.25, 0.3) is 0 Å². The average Bonchev–Trinajstić information content (AvgIpc) is 3.00. The van der Waals surface area contributed by atoms with Gasteiger partial charge < -0.3 is 9.80 Å². The molecule has 1 fully saturated rings. The molecule has 0 atom stereocenters. The van der Waals surface area contributed by atoms with Crippen LogP contribution in [0.3, 0.4) is 0 Å². The van der Waals surface area contributed by atoms with Crippen molar-refractivity contribution in [2.45, 2.75) is 0 Å². The summed E-state index contributed by atoms with van der Waals surface area (Å²) >= 11 is 12.0. The maximum absolute atomic E-state index is 12.1. The van der Waals surface area contributed by atoms with E-state index in [0.29, 0.717) is 47.9 Å². The lowest BCUT2D eigenvalue weighted by molar-refractivity contribution is 0.208. The highest BCUT2D eigenvalue weighted by Gasteiger charge is 2.23. The normalized spacial score (nSPS) is 15.0. The minimum atomic E-state index is -0.205. The molecule has 10 heteroatoms. The lowest BCUT2D eigenvalue weighted by Gasteiger charge is -2.35. The lowest BCUT2D eigenvalue weighted by atomic mass is 10.3. The van der Waals surface area contributed by atoms with E-state index in [1.54, 1.807) is 17.2 Å². The summed E-state index contributed by atoms with van der Waals surface area (Å²) in [7, 11) is 0. The number of hydrogen-bond donors (Lipinski definition) is 2. The van der Waals surface area contributed by atoms with Gasteiger partial charge in [0.2, 0.25) is 0 Å². The van der Waals surface area contributed by atoms with E-state index in [2.05, 4.69) is 25.7 Å². The van der Waals surface area contributed by atoms with Gasteiger partial charge in [0.15, 0.2) is 5.82 Å². The van der Waals surface area contributed by atoms with Gasteiger partial charge >= 0.3 is 6.03 Å². The topological polar surface area (TPSA) is 90.0 Å². The molecular weight excluding hydrogens is 329 g/mol. The number of halogens is 2. The Kier molecular flexibility index (Phi) is 4.30.